The van der Waals surface area contributed by atoms with Crippen LogP contribution in [0.3, 0.4) is 0 Å². The Bertz CT molecular complexity index is 485. The van der Waals surface area contributed by atoms with Gasteiger partial charge in [-0.2, -0.15) is 0 Å². The zero-order chi connectivity index (χ0) is 12.8. The summed E-state index contributed by atoms with van der Waals surface area (Å²) in [5, 5.41) is 0. The molecular weight excluding hydrogens is 224 g/mol. The predicted molar refractivity (Wildman–Crippen MR) is 72.7 cm³/mol. The van der Waals surface area contributed by atoms with E-state index in [1.165, 1.54) is 11.1 Å². The lowest BCUT2D eigenvalue weighted by atomic mass is 9.92. The van der Waals surface area contributed by atoms with Crippen LogP contribution in [0.2, 0.25) is 0 Å². The van der Waals surface area contributed by atoms with E-state index in [1.807, 2.05) is 30.5 Å². The molecule has 1 aromatic heterocycles. The van der Waals surface area contributed by atoms with Crippen LogP contribution in [-0.4, -0.2) is 18.6 Å². The molecule has 3 heteroatoms. The first-order chi connectivity index (χ1) is 8.83. The van der Waals surface area contributed by atoms with Gasteiger partial charge in [-0.25, -0.2) is 0 Å². The van der Waals surface area contributed by atoms with Crippen molar-refractivity contribution in [3.8, 4) is 5.75 Å². The van der Waals surface area contributed by atoms with Crippen LogP contribution in [0.1, 0.15) is 17.0 Å². The molecule has 2 N–H and O–H groups in total. The summed E-state index contributed by atoms with van der Waals surface area (Å²) in [6.45, 7) is 0.613. The van der Waals surface area contributed by atoms with E-state index in [9.17, 15) is 0 Å². The Morgan fingerprint density at radius 3 is 2.83 bits per heavy atom. The highest BCUT2D eigenvalue weighted by atomic mass is 16.5. The molecular formula is C15H18N2O. The predicted octanol–water partition coefficient (Wildman–Crippen LogP) is 2.38. The van der Waals surface area contributed by atoms with Crippen molar-refractivity contribution in [3.05, 3.63) is 59.9 Å². The number of nitrogens with two attached hydrogens (primary N) is 1. The van der Waals surface area contributed by atoms with E-state index in [-0.39, 0.29) is 0 Å². The van der Waals surface area contributed by atoms with Crippen LogP contribution in [0.5, 0.6) is 5.75 Å². The largest absolute Gasteiger partial charge is 0.497 e. The molecule has 0 bridgehead atoms. The zero-order valence-corrected chi connectivity index (χ0v) is 10.5. The summed E-state index contributed by atoms with van der Waals surface area (Å²) in [5.41, 5.74) is 8.30. The van der Waals surface area contributed by atoms with Gasteiger partial charge in [0.2, 0.25) is 0 Å². The van der Waals surface area contributed by atoms with Crippen LogP contribution in [0.15, 0.2) is 48.8 Å². The summed E-state index contributed by atoms with van der Waals surface area (Å²) >= 11 is 0. The van der Waals surface area contributed by atoms with Crippen molar-refractivity contribution in [1.82, 2.24) is 4.98 Å². The van der Waals surface area contributed by atoms with Crippen LogP contribution >= 0.6 is 0 Å². The Balaban J connectivity index is 2.17. The fourth-order valence-electron chi connectivity index (χ4n) is 2.04. The fraction of sp³-hybridized carbons (Fsp3) is 0.267. The normalized spacial score (nSPS) is 12.1. The number of nitrogens with zero attached hydrogens (tertiary/aromatic N) is 1. The Labute approximate surface area is 108 Å². The van der Waals surface area contributed by atoms with E-state index in [2.05, 4.69) is 17.1 Å². The number of rotatable bonds is 5. The molecule has 1 heterocycles. The summed E-state index contributed by atoms with van der Waals surface area (Å²) in [7, 11) is 1.68. The van der Waals surface area contributed by atoms with Crippen LogP contribution in [0.25, 0.3) is 0 Å². The number of methoxy groups -OCH3 is 1. The van der Waals surface area contributed by atoms with Gasteiger partial charge in [-0.15, -0.1) is 0 Å². The van der Waals surface area contributed by atoms with E-state index in [0.29, 0.717) is 12.5 Å². The Kier molecular flexibility index (Phi) is 4.31. The molecule has 94 valence electrons. The number of benzene rings is 1. The van der Waals surface area contributed by atoms with Crippen molar-refractivity contribution >= 4 is 0 Å². The maximum atomic E-state index is 5.88. The van der Waals surface area contributed by atoms with Crippen molar-refractivity contribution in [2.24, 2.45) is 5.73 Å². The van der Waals surface area contributed by atoms with Crippen LogP contribution < -0.4 is 10.5 Å². The van der Waals surface area contributed by atoms with E-state index in [0.717, 1.165) is 12.2 Å². The summed E-state index contributed by atoms with van der Waals surface area (Å²) in [6, 6.07) is 12.1. The first-order valence-corrected chi connectivity index (χ1v) is 6.06. The van der Waals surface area contributed by atoms with Gasteiger partial charge < -0.3 is 10.5 Å². The second kappa shape index (κ2) is 6.17. The molecule has 0 radical (unpaired) electrons. The second-order valence-corrected chi connectivity index (χ2v) is 4.27. The van der Waals surface area contributed by atoms with E-state index >= 15 is 0 Å². The Morgan fingerprint density at radius 2 is 2.17 bits per heavy atom. The van der Waals surface area contributed by atoms with Crippen molar-refractivity contribution in [2.75, 3.05) is 13.7 Å². The monoisotopic (exact) mass is 242 g/mol. The van der Waals surface area contributed by atoms with Gasteiger partial charge in [0, 0.05) is 18.3 Å². The molecule has 0 fully saturated rings. The Hall–Kier alpha value is -1.87. The molecule has 0 saturated heterocycles. The molecule has 1 aromatic carbocycles. The fourth-order valence-corrected chi connectivity index (χ4v) is 2.04. The number of pyridine rings is 1. The third kappa shape index (κ3) is 3.08. The molecule has 3 nitrogen and oxygen atoms in total. The third-order valence-electron chi connectivity index (χ3n) is 3.05. The first-order valence-electron chi connectivity index (χ1n) is 6.06. The maximum absolute atomic E-state index is 5.88. The second-order valence-electron chi connectivity index (χ2n) is 4.27. The van der Waals surface area contributed by atoms with Crippen LogP contribution in [0.4, 0.5) is 0 Å². The zero-order valence-electron chi connectivity index (χ0n) is 10.5. The molecule has 0 aliphatic heterocycles. The van der Waals surface area contributed by atoms with Gasteiger partial charge in [0.1, 0.15) is 5.75 Å². The molecule has 1 atom stereocenters. The van der Waals surface area contributed by atoms with Gasteiger partial charge >= 0.3 is 0 Å². The van der Waals surface area contributed by atoms with Crippen molar-refractivity contribution in [2.45, 2.75) is 12.3 Å². The maximum Gasteiger partial charge on any atom is 0.119 e. The highest BCUT2D eigenvalue weighted by Crippen LogP contribution is 2.23. The van der Waals surface area contributed by atoms with Gasteiger partial charge in [0.15, 0.2) is 0 Å². The molecule has 0 amide bonds. The minimum absolute atomic E-state index is 0.296. The number of ether oxygens (including phenoxy) is 1. The topological polar surface area (TPSA) is 48.1 Å². The number of aromatic nitrogens is 1. The lowest BCUT2D eigenvalue weighted by Crippen LogP contribution is -2.15. The first kappa shape index (κ1) is 12.6. The van der Waals surface area contributed by atoms with Crippen molar-refractivity contribution in [3.63, 3.8) is 0 Å². The number of hydrogen-bond donors (Lipinski definition) is 1. The average Bonchev–Trinajstić information content (AvgIpc) is 2.46. The molecule has 18 heavy (non-hydrogen) atoms. The lowest BCUT2D eigenvalue weighted by molar-refractivity contribution is 0.413. The molecule has 0 spiro atoms. The van der Waals surface area contributed by atoms with Crippen LogP contribution in [-0.2, 0) is 6.42 Å². The minimum atomic E-state index is 0.296. The van der Waals surface area contributed by atoms with E-state index in [4.69, 9.17) is 10.5 Å². The van der Waals surface area contributed by atoms with Gasteiger partial charge in [-0.1, -0.05) is 18.2 Å². The molecule has 2 rings (SSSR count). The van der Waals surface area contributed by atoms with Crippen molar-refractivity contribution in [1.29, 1.82) is 0 Å². The quantitative estimate of drug-likeness (QED) is 0.875. The summed E-state index contributed by atoms with van der Waals surface area (Å²) in [4.78, 5) is 4.13. The number of hydrogen-bond acceptors (Lipinski definition) is 3. The molecule has 0 saturated carbocycles. The van der Waals surface area contributed by atoms with Gasteiger partial charge in [0.25, 0.3) is 0 Å². The highest BCUT2D eigenvalue weighted by molar-refractivity contribution is 5.32. The molecule has 0 aliphatic rings. The smallest absolute Gasteiger partial charge is 0.119 e. The van der Waals surface area contributed by atoms with E-state index in [1.54, 1.807) is 13.3 Å². The van der Waals surface area contributed by atoms with Crippen molar-refractivity contribution < 1.29 is 4.74 Å². The van der Waals surface area contributed by atoms with Gasteiger partial charge in [-0.3, -0.25) is 4.98 Å². The Morgan fingerprint density at radius 1 is 1.28 bits per heavy atom. The standard InChI is InChI=1S/C15H18N2O/c1-18-15-6-2-5-13(9-15)14(10-16)8-12-4-3-7-17-11-12/h2-7,9,11,14H,8,10,16H2,1H3. The summed E-state index contributed by atoms with van der Waals surface area (Å²) in [6.07, 6.45) is 4.58. The average molecular weight is 242 g/mol. The molecule has 2 aromatic rings. The minimum Gasteiger partial charge on any atom is -0.497 e. The summed E-state index contributed by atoms with van der Waals surface area (Å²) in [5.74, 6) is 1.17. The molecule has 0 aliphatic carbocycles. The summed E-state index contributed by atoms with van der Waals surface area (Å²) < 4.78 is 5.25. The third-order valence-corrected chi connectivity index (χ3v) is 3.05. The van der Waals surface area contributed by atoms with E-state index < -0.39 is 0 Å². The lowest BCUT2D eigenvalue weighted by Gasteiger charge is -2.16. The SMILES string of the molecule is COc1cccc(C(CN)Cc2cccnc2)c1. The van der Waals surface area contributed by atoms with Gasteiger partial charge in [-0.05, 0) is 42.3 Å². The van der Waals surface area contributed by atoms with Crippen LogP contribution in [0, 0.1) is 0 Å². The molecule has 1 unspecified atom stereocenters. The van der Waals surface area contributed by atoms with Gasteiger partial charge in [0.05, 0.1) is 7.11 Å². The highest BCUT2D eigenvalue weighted by Gasteiger charge is 2.11.